The molecule has 0 fully saturated rings. The molecule has 0 amide bonds. The minimum atomic E-state index is 0.680. The third kappa shape index (κ3) is 2.83. The van der Waals surface area contributed by atoms with Gasteiger partial charge in [0.05, 0.1) is 30.6 Å². The van der Waals surface area contributed by atoms with Crippen LogP contribution in [0.25, 0.3) is 11.1 Å². The number of benzene rings is 1. The van der Waals surface area contributed by atoms with Gasteiger partial charge in [-0.05, 0) is 38.0 Å². The molecule has 2 aromatic heterocycles. The summed E-state index contributed by atoms with van der Waals surface area (Å²) in [6.07, 6.45) is 8.46. The SMILES string of the molecule is COc1cc2c(cc1-c1c(C)noc1C)CC=CN2Cc1ccncn1. The van der Waals surface area contributed by atoms with Crippen molar-refractivity contribution in [3.63, 3.8) is 0 Å². The minimum absolute atomic E-state index is 0.680. The highest BCUT2D eigenvalue weighted by Gasteiger charge is 2.21. The van der Waals surface area contributed by atoms with Crippen molar-refractivity contribution in [2.75, 3.05) is 12.0 Å². The maximum Gasteiger partial charge on any atom is 0.141 e. The highest BCUT2D eigenvalue weighted by atomic mass is 16.5. The van der Waals surface area contributed by atoms with Gasteiger partial charge in [0.15, 0.2) is 0 Å². The Labute approximate surface area is 152 Å². The molecule has 6 nitrogen and oxygen atoms in total. The molecule has 132 valence electrons. The first kappa shape index (κ1) is 16.3. The molecule has 0 radical (unpaired) electrons. The Kier molecular flexibility index (Phi) is 4.16. The molecule has 0 bridgehead atoms. The first-order valence-electron chi connectivity index (χ1n) is 8.49. The lowest BCUT2D eigenvalue weighted by Gasteiger charge is -2.27. The Balaban J connectivity index is 1.78. The van der Waals surface area contributed by atoms with Crippen molar-refractivity contribution >= 4 is 5.69 Å². The number of anilines is 1. The van der Waals surface area contributed by atoms with Crippen molar-refractivity contribution in [3.05, 3.63) is 65.7 Å². The van der Waals surface area contributed by atoms with E-state index in [-0.39, 0.29) is 0 Å². The first-order valence-corrected chi connectivity index (χ1v) is 8.49. The zero-order valence-electron chi connectivity index (χ0n) is 15.1. The number of fused-ring (bicyclic) bond motifs is 1. The molecule has 0 unspecified atom stereocenters. The number of hydrogen-bond acceptors (Lipinski definition) is 6. The monoisotopic (exact) mass is 348 g/mol. The molecular weight excluding hydrogens is 328 g/mol. The Morgan fingerprint density at radius 3 is 2.85 bits per heavy atom. The van der Waals surface area contributed by atoms with Gasteiger partial charge in [-0.15, -0.1) is 0 Å². The van der Waals surface area contributed by atoms with E-state index in [1.165, 1.54) is 5.56 Å². The number of allylic oxidation sites excluding steroid dienone is 1. The van der Waals surface area contributed by atoms with Gasteiger partial charge in [0.25, 0.3) is 0 Å². The summed E-state index contributed by atoms with van der Waals surface area (Å²) in [7, 11) is 1.69. The summed E-state index contributed by atoms with van der Waals surface area (Å²) in [4.78, 5) is 10.5. The van der Waals surface area contributed by atoms with Crippen LogP contribution in [0.3, 0.4) is 0 Å². The van der Waals surface area contributed by atoms with E-state index in [4.69, 9.17) is 9.26 Å². The van der Waals surface area contributed by atoms with Gasteiger partial charge in [-0.2, -0.15) is 0 Å². The highest BCUT2D eigenvalue weighted by molar-refractivity contribution is 5.79. The Morgan fingerprint density at radius 2 is 2.15 bits per heavy atom. The van der Waals surface area contributed by atoms with E-state index < -0.39 is 0 Å². The lowest BCUT2D eigenvalue weighted by Crippen LogP contribution is -2.20. The molecule has 0 N–H and O–H groups in total. The largest absolute Gasteiger partial charge is 0.496 e. The number of methoxy groups -OCH3 is 1. The van der Waals surface area contributed by atoms with Gasteiger partial charge in [0.1, 0.15) is 17.8 Å². The third-order valence-electron chi connectivity index (χ3n) is 4.61. The van der Waals surface area contributed by atoms with Gasteiger partial charge in [-0.25, -0.2) is 9.97 Å². The molecule has 0 spiro atoms. The predicted molar refractivity (Wildman–Crippen MR) is 99.0 cm³/mol. The summed E-state index contributed by atoms with van der Waals surface area (Å²) >= 11 is 0. The number of rotatable bonds is 4. The van der Waals surface area contributed by atoms with Crippen LogP contribution in [0.2, 0.25) is 0 Å². The van der Waals surface area contributed by atoms with Crippen molar-refractivity contribution in [1.82, 2.24) is 15.1 Å². The fraction of sp³-hybridized carbons (Fsp3) is 0.250. The van der Waals surface area contributed by atoms with Crippen LogP contribution in [0.15, 0.2) is 47.5 Å². The maximum absolute atomic E-state index is 5.70. The van der Waals surface area contributed by atoms with Crippen LogP contribution < -0.4 is 9.64 Å². The van der Waals surface area contributed by atoms with E-state index in [9.17, 15) is 0 Å². The summed E-state index contributed by atoms with van der Waals surface area (Å²) in [5.41, 5.74) is 6.20. The molecular formula is C20H20N4O2. The Morgan fingerprint density at radius 1 is 1.27 bits per heavy atom. The second kappa shape index (κ2) is 6.63. The number of hydrogen-bond donors (Lipinski definition) is 0. The molecule has 0 atom stereocenters. The molecule has 4 rings (SSSR count). The summed E-state index contributed by atoms with van der Waals surface area (Å²) in [6.45, 7) is 4.56. The van der Waals surface area contributed by atoms with Crippen molar-refractivity contribution in [2.45, 2.75) is 26.8 Å². The fourth-order valence-electron chi connectivity index (χ4n) is 3.39. The van der Waals surface area contributed by atoms with Crippen LogP contribution in [0.4, 0.5) is 5.69 Å². The molecule has 1 aliphatic rings. The van der Waals surface area contributed by atoms with E-state index in [1.54, 1.807) is 19.6 Å². The zero-order chi connectivity index (χ0) is 18.1. The topological polar surface area (TPSA) is 64.3 Å². The van der Waals surface area contributed by atoms with Crippen molar-refractivity contribution in [3.8, 4) is 16.9 Å². The van der Waals surface area contributed by atoms with Gasteiger partial charge >= 0.3 is 0 Å². The summed E-state index contributed by atoms with van der Waals surface area (Å²) in [5, 5.41) is 4.08. The van der Waals surface area contributed by atoms with Gasteiger partial charge in [0.2, 0.25) is 0 Å². The summed E-state index contributed by atoms with van der Waals surface area (Å²) < 4.78 is 11.0. The van der Waals surface area contributed by atoms with E-state index in [0.29, 0.717) is 6.54 Å². The fourth-order valence-corrected chi connectivity index (χ4v) is 3.39. The van der Waals surface area contributed by atoms with Crippen LogP contribution in [0.1, 0.15) is 22.7 Å². The molecule has 0 saturated carbocycles. The molecule has 3 aromatic rings. The summed E-state index contributed by atoms with van der Waals surface area (Å²) in [6, 6.07) is 6.19. The third-order valence-corrected chi connectivity index (χ3v) is 4.61. The average Bonchev–Trinajstić information content (AvgIpc) is 3.00. The molecule has 0 aliphatic carbocycles. The van der Waals surface area contributed by atoms with Gasteiger partial charge in [-0.1, -0.05) is 11.2 Å². The van der Waals surface area contributed by atoms with Crippen molar-refractivity contribution < 1.29 is 9.26 Å². The van der Waals surface area contributed by atoms with Crippen molar-refractivity contribution in [1.29, 1.82) is 0 Å². The standard InChI is InChI=1S/C20H20N4O2/c1-13-20(14(2)26-23-13)17-9-15-5-4-8-24(18(15)10-19(17)25-3)11-16-6-7-21-12-22-16/h4,6-10,12H,5,11H2,1-3H3. The van der Waals surface area contributed by atoms with E-state index in [0.717, 1.165) is 46.1 Å². The van der Waals surface area contributed by atoms with Crippen LogP contribution in [-0.2, 0) is 13.0 Å². The van der Waals surface area contributed by atoms with Gasteiger partial charge in [0, 0.05) is 29.7 Å². The summed E-state index contributed by atoms with van der Waals surface area (Å²) in [5.74, 6) is 1.60. The second-order valence-electron chi connectivity index (χ2n) is 6.30. The molecule has 6 heteroatoms. The van der Waals surface area contributed by atoms with Gasteiger partial charge in [-0.3, -0.25) is 0 Å². The molecule has 3 heterocycles. The minimum Gasteiger partial charge on any atom is -0.496 e. The predicted octanol–water partition coefficient (Wildman–Crippen LogP) is 3.83. The molecule has 0 saturated heterocycles. The lowest BCUT2D eigenvalue weighted by molar-refractivity contribution is 0.393. The van der Waals surface area contributed by atoms with E-state index in [2.05, 4.69) is 44.4 Å². The zero-order valence-corrected chi connectivity index (χ0v) is 15.1. The maximum atomic E-state index is 5.70. The average molecular weight is 348 g/mol. The number of ether oxygens (including phenoxy) is 1. The normalized spacial score (nSPS) is 13.0. The second-order valence-corrected chi connectivity index (χ2v) is 6.30. The number of aromatic nitrogens is 3. The van der Waals surface area contributed by atoms with Crippen LogP contribution in [0, 0.1) is 13.8 Å². The van der Waals surface area contributed by atoms with E-state index >= 15 is 0 Å². The molecule has 1 aliphatic heterocycles. The number of aryl methyl sites for hydroxylation is 2. The highest BCUT2D eigenvalue weighted by Crippen LogP contribution is 2.41. The first-order chi connectivity index (χ1) is 12.7. The lowest BCUT2D eigenvalue weighted by atomic mass is 9.96. The smallest absolute Gasteiger partial charge is 0.141 e. The Hall–Kier alpha value is -3.15. The van der Waals surface area contributed by atoms with Crippen LogP contribution in [-0.4, -0.2) is 22.2 Å². The van der Waals surface area contributed by atoms with E-state index in [1.807, 2.05) is 19.9 Å². The Bertz CT molecular complexity index is 944. The van der Waals surface area contributed by atoms with Crippen molar-refractivity contribution in [2.24, 2.45) is 0 Å². The van der Waals surface area contributed by atoms with Crippen LogP contribution >= 0.6 is 0 Å². The molecule has 26 heavy (non-hydrogen) atoms. The molecule has 1 aromatic carbocycles. The van der Waals surface area contributed by atoms with Crippen LogP contribution in [0.5, 0.6) is 5.75 Å². The quantitative estimate of drug-likeness (QED) is 0.714. The number of nitrogens with zero attached hydrogens (tertiary/aromatic N) is 4. The van der Waals surface area contributed by atoms with Gasteiger partial charge < -0.3 is 14.2 Å².